The lowest BCUT2D eigenvalue weighted by atomic mass is 10.5. The second kappa shape index (κ2) is 2.46. The molecule has 0 radical (unpaired) electrons. The predicted molar refractivity (Wildman–Crippen MR) is 39.7 cm³/mol. The first-order valence-electron chi connectivity index (χ1n) is 2.84. The fourth-order valence-electron chi connectivity index (χ4n) is 0.644. The van der Waals surface area contributed by atoms with Gasteiger partial charge in [-0.05, 0) is 6.08 Å². The van der Waals surface area contributed by atoms with Gasteiger partial charge in [-0.2, -0.15) is 0 Å². The van der Waals surface area contributed by atoms with E-state index in [2.05, 4.69) is 5.43 Å². The largest absolute Gasteiger partial charge is 0.493 e. The van der Waals surface area contributed by atoms with E-state index >= 15 is 0 Å². The lowest BCUT2D eigenvalue weighted by molar-refractivity contribution is 0.251. The summed E-state index contributed by atoms with van der Waals surface area (Å²) in [5.41, 5.74) is 2.36. The Balaban J connectivity index is 2.94. The first-order valence-corrected chi connectivity index (χ1v) is 4.69. The minimum Gasteiger partial charge on any atom is -0.493 e. The maximum Gasteiger partial charge on any atom is 0.252 e. The second-order valence-electron chi connectivity index (χ2n) is 2.04. The highest BCUT2D eigenvalue weighted by Gasteiger charge is 2.18. The van der Waals surface area contributed by atoms with Crippen LogP contribution in [0.25, 0.3) is 0 Å². The van der Waals surface area contributed by atoms with Crippen LogP contribution in [0.5, 0.6) is 0 Å². The summed E-state index contributed by atoms with van der Waals surface area (Å²) >= 11 is 0. The Bertz CT molecular complexity index is 304. The SMILES string of the molecule is CS(=O)(=O)N1NC=CC=C1O. The Labute approximate surface area is 64.6 Å². The van der Waals surface area contributed by atoms with Crippen LogP contribution < -0.4 is 5.43 Å². The molecule has 0 spiro atoms. The maximum atomic E-state index is 10.8. The van der Waals surface area contributed by atoms with Crippen molar-refractivity contribution in [3.05, 3.63) is 24.2 Å². The van der Waals surface area contributed by atoms with Crippen molar-refractivity contribution >= 4 is 10.0 Å². The van der Waals surface area contributed by atoms with Crippen LogP contribution in [0, 0.1) is 0 Å². The molecule has 2 N–H and O–H groups in total. The summed E-state index contributed by atoms with van der Waals surface area (Å²) < 4.78 is 22.3. The molecule has 1 heterocycles. The van der Waals surface area contributed by atoms with E-state index in [0.29, 0.717) is 4.41 Å². The van der Waals surface area contributed by atoms with Crippen molar-refractivity contribution in [1.82, 2.24) is 9.84 Å². The van der Waals surface area contributed by atoms with E-state index < -0.39 is 10.0 Å². The third kappa shape index (κ3) is 1.64. The van der Waals surface area contributed by atoms with Gasteiger partial charge in [0.2, 0.25) is 5.88 Å². The van der Waals surface area contributed by atoms with Crippen LogP contribution in [0.1, 0.15) is 0 Å². The smallest absolute Gasteiger partial charge is 0.252 e. The Hall–Kier alpha value is -1.17. The fourth-order valence-corrected chi connectivity index (χ4v) is 1.30. The summed E-state index contributed by atoms with van der Waals surface area (Å²) in [6, 6.07) is 0. The molecule has 0 fully saturated rings. The van der Waals surface area contributed by atoms with Crippen molar-refractivity contribution in [3.63, 3.8) is 0 Å². The minimum absolute atomic E-state index is 0.338. The molecular weight excluding hydrogens is 168 g/mol. The van der Waals surface area contributed by atoms with Crippen LogP contribution >= 0.6 is 0 Å². The first-order chi connectivity index (χ1) is 5.02. The molecule has 0 atom stereocenters. The Morgan fingerprint density at radius 3 is 2.64 bits per heavy atom. The number of aliphatic hydroxyl groups excluding tert-OH is 1. The number of hydrogen-bond donors (Lipinski definition) is 2. The van der Waals surface area contributed by atoms with Gasteiger partial charge in [0, 0.05) is 12.3 Å². The quantitative estimate of drug-likeness (QED) is 0.574. The third-order valence-electron chi connectivity index (χ3n) is 1.07. The zero-order valence-corrected chi connectivity index (χ0v) is 6.67. The van der Waals surface area contributed by atoms with Crippen LogP contribution in [0.4, 0.5) is 0 Å². The van der Waals surface area contributed by atoms with Gasteiger partial charge in [0.25, 0.3) is 10.0 Å². The second-order valence-corrected chi connectivity index (χ2v) is 3.87. The van der Waals surface area contributed by atoms with E-state index in [9.17, 15) is 8.42 Å². The molecule has 11 heavy (non-hydrogen) atoms. The van der Waals surface area contributed by atoms with Crippen molar-refractivity contribution in [2.45, 2.75) is 0 Å². The lowest BCUT2D eigenvalue weighted by Gasteiger charge is -2.21. The lowest BCUT2D eigenvalue weighted by Crippen LogP contribution is -2.39. The Morgan fingerprint density at radius 1 is 1.64 bits per heavy atom. The van der Waals surface area contributed by atoms with Crippen LogP contribution in [-0.2, 0) is 10.0 Å². The van der Waals surface area contributed by atoms with Crippen molar-refractivity contribution in [2.75, 3.05) is 6.26 Å². The van der Waals surface area contributed by atoms with Gasteiger partial charge in [-0.25, -0.2) is 8.42 Å². The number of allylic oxidation sites excluding steroid dienone is 2. The Morgan fingerprint density at radius 2 is 2.27 bits per heavy atom. The van der Waals surface area contributed by atoms with Crippen molar-refractivity contribution in [2.24, 2.45) is 0 Å². The third-order valence-corrected chi connectivity index (χ3v) is 2.03. The predicted octanol–water partition coefficient (Wildman–Crippen LogP) is -0.321. The molecule has 6 heteroatoms. The molecule has 0 bridgehead atoms. The fraction of sp³-hybridized carbons (Fsp3) is 0.200. The van der Waals surface area contributed by atoms with Gasteiger partial charge >= 0.3 is 0 Å². The molecule has 62 valence electrons. The molecule has 0 amide bonds. The minimum atomic E-state index is -3.42. The van der Waals surface area contributed by atoms with E-state index in [1.54, 1.807) is 0 Å². The average molecular weight is 176 g/mol. The van der Waals surface area contributed by atoms with E-state index in [1.807, 2.05) is 0 Å². The number of aliphatic hydroxyl groups is 1. The van der Waals surface area contributed by atoms with Crippen molar-refractivity contribution in [1.29, 1.82) is 0 Å². The number of hydrogen-bond acceptors (Lipinski definition) is 4. The molecule has 1 rings (SSSR count). The standard InChI is InChI=1S/C5H8N2O3S/c1-11(9,10)7-5(8)3-2-4-6-7/h2-4,6,8H,1H3. The van der Waals surface area contributed by atoms with Gasteiger partial charge in [-0.15, -0.1) is 4.41 Å². The van der Waals surface area contributed by atoms with Crippen molar-refractivity contribution in [3.8, 4) is 0 Å². The highest BCUT2D eigenvalue weighted by atomic mass is 32.2. The van der Waals surface area contributed by atoms with E-state index in [-0.39, 0.29) is 5.88 Å². The van der Waals surface area contributed by atoms with E-state index in [1.165, 1.54) is 18.4 Å². The molecule has 0 aromatic carbocycles. The van der Waals surface area contributed by atoms with E-state index in [4.69, 9.17) is 5.11 Å². The molecule has 0 aromatic rings. The molecule has 0 unspecified atom stereocenters. The van der Waals surface area contributed by atoms with Crippen LogP contribution in [0.2, 0.25) is 0 Å². The zero-order chi connectivity index (χ0) is 8.48. The summed E-state index contributed by atoms with van der Waals surface area (Å²) in [7, 11) is -3.42. The van der Waals surface area contributed by atoms with Crippen LogP contribution in [0.3, 0.4) is 0 Å². The van der Waals surface area contributed by atoms with E-state index in [0.717, 1.165) is 6.26 Å². The molecule has 0 saturated carbocycles. The van der Waals surface area contributed by atoms with Gasteiger partial charge in [-0.1, -0.05) is 0 Å². The van der Waals surface area contributed by atoms with Gasteiger partial charge in [0.15, 0.2) is 0 Å². The summed E-state index contributed by atoms with van der Waals surface area (Å²) in [6.07, 6.45) is 5.17. The highest BCUT2D eigenvalue weighted by molar-refractivity contribution is 7.88. The van der Waals surface area contributed by atoms with Gasteiger partial charge in [-0.3, -0.25) is 5.43 Å². The van der Waals surface area contributed by atoms with Gasteiger partial charge in [0.1, 0.15) is 0 Å². The Kier molecular flexibility index (Phi) is 1.77. The first kappa shape index (κ1) is 7.93. The summed E-state index contributed by atoms with van der Waals surface area (Å²) in [4.78, 5) is 0. The summed E-state index contributed by atoms with van der Waals surface area (Å²) in [5, 5.41) is 9.00. The maximum absolute atomic E-state index is 10.8. The number of nitrogens with zero attached hydrogens (tertiary/aromatic N) is 1. The molecular formula is C5H8N2O3S. The zero-order valence-electron chi connectivity index (χ0n) is 5.85. The number of sulfonamides is 1. The van der Waals surface area contributed by atoms with Crippen LogP contribution in [-0.4, -0.2) is 24.2 Å². The van der Waals surface area contributed by atoms with Gasteiger partial charge < -0.3 is 5.11 Å². The normalized spacial score (nSPS) is 17.5. The topological polar surface area (TPSA) is 69.6 Å². The molecule has 1 aliphatic rings. The number of nitrogens with one attached hydrogen (secondary N) is 1. The molecule has 0 saturated heterocycles. The number of rotatable bonds is 1. The molecule has 0 aliphatic carbocycles. The molecule has 1 aliphatic heterocycles. The summed E-state index contributed by atoms with van der Waals surface area (Å²) in [5.74, 6) is -0.338. The highest BCUT2D eigenvalue weighted by Crippen LogP contribution is 2.06. The van der Waals surface area contributed by atoms with Crippen molar-refractivity contribution < 1.29 is 13.5 Å². The number of hydrazine groups is 1. The molecule has 0 aromatic heterocycles. The summed E-state index contributed by atoms with van der Waals surface area (Å²) in [6.45, 7) is 0. The molecule has 5 nitrogen and oxygen atoms in total. The average Bonchev–Trinajstić information content (AvgIpc) is 1.86. The monoisotopic (exact) mass is 176 g/mol. The van der Waals surface area contributed by atoms with Crippen LogP contribution in [0.15, 0.2) is 24.2 Å². The van der Waals surface area contributed by atoms with Gasteiger partial charge in [0.05, 0.1) is 6.26 Å².